The Kier molecular flexibility index (Phi) is 4.43. The van der Waals surface area contributed by atoms with Crippen molar-refractivity contribution >= 4 is 5.69 Å². The molecule has 1 rings (SSSR count). The van der Waals surface area contributed by atoms with Gasteiger partial charge in [-0.15, -0.1) is 11.8 Å². The van der Waals surface area contributed by atoms with Crippen LogP contribution in [0.1, 0.15) is 13.3 Å². The molecule has 0 radical (unpaired) electrons. The van der Waals surface area contributed by atoms with Crippen LogP contribution in [0.5, 0.6) is 5.75 Å². The normalized spacial score (nSPS) is 8.71. The molecule has 0 saturated carbocycles. The molecule has 1 aromatic carbocycles. The molecule has 1 N–H and O–H groups in total. The van der Waals surface area contributed by atoms with Gasteiger partial charge >= 0.3 is 0 Å². The van der Waals surface area contributed by atoms with E-state index in [2.05, 4.69) is 17.2 Å². The number of hydrogen-bond donors (Lipinski definition) is 1. The quantitative estimate of drug-likeness (QED) is 0.580. The van der Waals surface area contributed by atoms with Crippen molar-refractivity contribution < 1.29 is 4.74 Å². The highest BCUT2D eigenvalue weighted by Gasteiger charge is 1.93. The van der Waals surface area contributed by atoms with Gasteiger partial charge in [-0.05, 0) is 19.1 Å². The second kappa shape index (κ2) is 5.93. The molecule has 2 heteroatoms. The van der Waals surface area contributed by atoms with Crippen LogP contribution in [0.3, 0.4) is 0 Å². The molecule has 0 spiro atoms. The summed E-state index contributed by atoms with van der Waals surface area (Å²) in [6.07, 6.45) is 0.778. The van der Waals surface area contributed by atoms with Crippen LogP contribution in [0.25, 0.3) is 0 Å². The summed E-state index contributed by atoms with van der Waals surface area (Å²) in [5.74, 6) is 6.67. The highest BCUT2D eigenvalue weighted by molar-refractivity contribution is 5.47. The van der Waals surface area contributed by atoms with Crippen LogP contribution in [0.4, 0.5) is 5.69 Å². The van der Waals surface area contributed by atoms with E-state index in [0.29, 0.717) is 6.61 Å². The fourth-order valence-electron chi connectivity index (χ4n) is 1.09. The third kappa shape index (κ3) is 3.40. The third-order valence-corrected chi connectivity index (χ3v) is 1.80. The molecular weight excluding hydrogens is 174 g/mol. The zero-order chi connectivity index (χ0) is 10.2. The lowest BCUT2D eigenvalue weighted by molar-refractivity contribution is 0.327. The Morgan fingerprint density at radius 2 is 2.29 bits per heavy atom. The standard InChI is InChI=1S/C12H15NO/c1-3-4-5-9-14-12-8-6-7-11(10-12)13-2/h6-8,10,13H,5,9H2,1-2H3. The Balaban J connectivity index is 2.44. The molecule has 0 amide bonds. The summed E-state index contributed by atoms with van der Waals surface area (Å²) < 4.78 is 5.51. The summed E-state index contributed by atoms with van der Waals surface area (Å²) in [6, 6.07) is 7.88. The van der Waals surface area contributed by atoms with Crippen molar-refractivity contribution in [3.8, 4) is 17.6 Å². The first kappa shape index (κ1) is 10.5. The summed E-state index contributed by atoms with van der Waals surface area (Å²) in [6.45, 7) is 2.48. The first-order chi connectivity index (χ1) is 6.86. The molecule has 0 unspecified atom stereocenters. The first-order valence-electron chi connectivity index (χ1n) is 4.67. The number of hydrogen-bond acceptors (Lipinski definition) is 2. The fourth-order valence-corrected chi connectivity index (χ4v) is 1.09. The van der Waals surface area contributed by atoms with Gasteiger partial charge in [-0.25, -0.2) is 0 Å². The van der Waals surface area contributed by atoms with E-state index in [0.717, 1.165) is 17.9 Å². The zero-order valence-corrected chi connectivity index (χ0v) is 8.63. The molecule has 1 aromatic rings. The average Bonchev–Trinajstić information content (AvgIpc) is 2.25. The summed E-state index contributed by atoms with van der Waals surface area (Å²) in [7, 11) is 1.89. The maximum atomic E-state index is 5.51. The van der Waals surface area contributed by atoms with Crippen LogP contribution in [-0.4, -0.2) is 13.7 Å². The van der Waals surface area contributed by atoms with Gasteiger partial charge < -0.3 is 10.1 Å². The van der Waals surface area contributed by atoms with Gasteiger partial charge in [0, 0.05) is 25.2 Å². The molecule has 14 heavy (non-hydrogen) atoms. The third-order valence-electron chi connectivity index (χ3n) is 1.80. The van der Waals surface area contributed by atoms with E-state index in [1.807, 2.05) is 38.2 Å². The predicted octanol–water partition coefficient (Wildman–Crippen LogP) is 2.52. The van der Waals surface area contributed by atoms with E-state index in [1.54, 1.807) is 0 Å². The number of nitrogens with one attached hydrogen (secondary N) is 1. The summed E-state index contributed by atoms with van der Waals surface area (Å²) >= 11 is 0. The molecule has 0 aromatic heterocycles. The van der Waals surface area contributed by atoms with E-state index in [9.17, 15) is 0 Å². The minimum atomic E-state index is 0.647. The average molecular weight is 189 g/mol. The minimum absolute atomic E-state index is 0.647. The van der Waals surface area contributed by atoms with E-state index in [4.69, 9.17) is 4.74 Å². The summed E-state index contributed by atoms with van der Waals surface area (Å²) in [5.41, 5.74) is 1.06. The Bertz CT molecular complexity index is 336. The molecule has 0 aliphatic carbocycles. The minimum Gasteiger partial charge on any atom is -0.493 e. The maximum absolute atomic E-state index is 5.51. The molecule has 0 fully saturated rings. The van der Waals surface area contributed by atoms with Crippen molar-refractivity contribution in [2.24, 2.45) is 0 Å². The van der Waals surface area contributed by atoms with Gasteiger partial charge in [0.05, 0.1) is 6.61 Å². The molecule has 0 bridgehead atoms. The zero-order valence-electron chi connectivity index (χ0n) is 8.63. The molecule has 2 nitrogen and oxygen atoms in total. The van der Waals surface area contributed by atoms with Crippen LogP contribution >= 0.6 is 0 Å². The summed E-state index contributed by atoms with van der Waals surface area (Å²) in [4.78, 5) is 0. The Hall–Kier alpha value is -1.62. The van der Waals surface area contributed by atoms with Gasteiger partial charge in [0.1, 0.15) is 5.75 Å². The molecular formula is C12H15NO. The van der Waals surface area contributed by atoms with Crippen molar-refractivity contribution in [3.63, 3.8) is 0 Å². The highest BCUT2D eigenvalue weighted by atomic mass is 16.5. The second-order valence-corrected chi connectivity index (χ2v) is 2.80. The lowest BCUT2D eigenvalue weighted by atomic mass is 10.3. The Morgan fingerprint density at radius 1 is 1.43 bits per heavy atom. The molecule has 0 aliphatic heterocycles. The maximum Gasteiger partial charge on any atom is 0.121 e. The fraction of sp³-hybridized carbons (Fsp3) is 0.333. The lowest BCUT2D eigenvalue weighted by Crippen LogP contribution is -1.96. The van der Waals surface area contributed by atoms with E-state index >= 15 is 0 Å². The van der Waals surface area contributed by atoms with E-state index in [-0.39, 0.29) is 0 Å². The van der Waals surface area contributed by atoms with Crippen LogP contribution in [-0.2, 0) is 0 Å². The number of benzene rings is 1. The molecule has 0 saturated heterocycles. The number of rotatable bonds is 4. The first-order valence-corrected chi connectivity index (χ1v) is 4.67. The van der Waals surface area contributed by atoms with E-state index < -0.39 is 0 Å². The van der Waals surface area contributed by atoms with Crippen molar-refractivity contribution in [2.75, 3.05) is 19.0 Å². The SMILES string of the molecule is CC#CCCOc1cccc(NC)c1. The summed E-state index contributed by atoms with van der Waals surface area (Å²) in [5, 5.41) is 3.06. The van der Waals surface area contributed by atoms with Crippen LogP contribution in [0.2, 0.25) is 0 Å². The van der Waals surface area contributed by atoms with Gasteiger partial charge in [-0.3, -0.25) is 0 Å². The van der Waals surface area contributed by atoms with Crippen molar-refractivity contribution in [2.45, 2.75) is 13.3 Å². The smallest absolute Gasteiger partial charge is 0.121 e. The Morgan fingerprint density at radius 3 is 3.00 bits per heavy atom. The van der Waals surface area contributed by atoms with Gasteiger partial charge in [0.15, 0.2) is 0 Å². The number of anilines is 1. The molecule has 74 valence electrons. The van der Waals surface area contributed by atoms with Gasteiger partial charge in [0.25, 0.3) is 0 Å². The molecule has 0 atom stereocenters. The van der Waals surface area contributed by atoms with Crippen molar-refractivity contribution in [3.05, 3.63) is 24.3 Å². The second-order valence-electron chi connectivity index (χ2n) is 2.80. The van der Waals surface area contributed by atoms with Crippen molar-refractivity contribution in [1.29, 1.82) is 0 Å². The highest BCUT2D eigenvalue weighted by Crippen LogP contribution is 2.16. The van der Waals surface area contributed by atoms with Crippen LogP contribution in [0, 0.1) is 11.8 Å². The largest absolute Gasteiger partial charge is 0.493 e. The van der Waals surface area contributed by atoms with Gasteiger partial charge in [-0.2, -0.15) is 0 Å². The molecule has 0 aliphatic rings. The lowest BCUT2D eigenvalue weighted by Gasteiger charge is -2.05. The van der Waals surface area contributed by atoms with E-state index in [1.165, 1.54) is 0 Å². The van der Waals surface area contributed by atoms with Crippen LogP contribution in [0.15, 0.2) is 24.3 Å². The van der Waals surface area contributed by atoms with Crippen LogP contribution < -0.4 is 10.1 Å². The monoisotopic (exact) mass is 189 g/mol. The number of ether oxygens (including phenoxy) is 1. The predicted molar refractivity (Wildman–Crippen MR) is 59.6 cm³/mol. The Labute approximate surface area is 85.3 Å². The topological polar surface area (TPSA) is 21.3 Å². The van der Waals surface area contributed by atoms with Crippen molar-refractivity contribution in [1.82, 2.24) is 0 Å². The molecule has 0 heterocycles. The van der Waals surface area contributed by atoms with Gasteiger partial charge in [-0.1, -0.05) is 6.07 Å². The van der Waals surface area contributed by atoms with Gasteiger partial charge in [0.2, 0.25) is 0 Å².